The quantitative estimate of drug-likeness (QED) is 0.703. The van der Waals surface area contributed by atoms with Crippen LogP contribution in [-0.4, -0.2) is 23.7 Å². The summed E-state index contributed by atoms with van der Waals surface area (Å²) < 4.78 is 43.7. The van der Waals surface area contributed by atoms with Crippen molar-refractivity contribution in [1.29, 1.82) is 0 Å². The number of alkyl halides is 3. The van der Waals surface area contributed by atoms with Crippen LogP contribution in [0.3, 0.4) is 0 Å². The first-order chi connectivity index (χ1) is 11.1. The molecule has 0 aromatic heterocycles. The minimum Gasteiger partial charge on any atom is -0.365 e. The van der Waals surface area contributed by atoms with Gasteiger partial charge in [0.15, 0.2) is 0 Å². The molecule has 0 unspecified atom stereocenters. The van der Waals surface area contributed by atoms with Crippen LogP contribution < -0.4 is 5.32 Å². The summed E-state index contributed by atoms with van der Waals surface area (Å²) in [6, 6.07) is 8.05. The van der Waals surface area contributed by atoms with E-state index in [0.29, 0.717) is 18.4 Å². The molecule has 3 atom stereocenters. The molecule has 1 N–H and O–H groups in total. The van der Waals surface area contributed by atoms with Crippen LogP contribution in [0.2, 0.25) is 0 Å². The molecule has 3 nitrogen and oxygen atoms in total. The minimum absolute atomic E-state index is 0.548. The molecule has 0 radical (unpaired) electrons. The molecular weight excluding hydrogens is 319 g/mol. The molecule has 0 spiro atoms. The summed E-state index contributed by atoms with van der Waals surface area (Å²) in [5.41, 5.74) is 0.121. The van der Waals surface area contributed by atoms with Crippen molar-refractivity contribution in [3.8, 4) is 0 Å². The van der Waals surface area contributed by atoms with Crippen molar-refractivity contribution in [3.63, 3.8) is 0 Å². The van der Waals surface area contributed by atoms with Crippen LogP contribution in [0, 0.1) is 0 Å². The van der Waals surface area contributed by atoms with E-state index in [9.17, 15) is 18.0 Å². The van der Waals surface area contributed by atoms with Crippen LogP contribution in [0.5, 0.6) is 0 Å². The fourth-order valence-electron chi connectivity index (χ4n) is 2.35. The molecule has 0 aliphatic heterocycles. The van der Waals surface area contributed by atoms with Gasteiger partial charge < -0.3 is 10.1 Å². The summed E-state index contributed by atoms with van der Waals surface area (Å²) in [6.45, 7) is 9.02. The summed E-state index contributed by atoms with van der Waals surface area (Å²) in [7, 11) is 0. The third kappa shape index (κ3) is 5.67. The molecule has 1 aromatic rings. The lowest BCUT2D eigenvalue weighted by atomic mass is 9.96. The van der Waals surface area contributed by atoms with E-state index >= 15 is 0 Å². The third-order valence-electron chi connectivity index (χ3n) is 3.93. The predicted octanol–water partition coefficient (Wildman–Crippen LogP) is 4.56. The number of hydrogen-bond donors (Lipinski definition) is 1. The molecule has 0 aliphatic carbocycles. The Morgan fingerprint density at radius 2 is 1.92 bits per heavy atom. The predicted molar refractivity (Wildman–Crippen MR) is 87.4 cm³/mol. The lowest BCUT2D eigenvalue weighted by Gasteiger charge is -2.36. The average molecular weight is 343 g/mol. The molecular formula is C18H24F3NO2. The number of benzene rings is 1. The minimum atomic E-state index is -4.93. The second-order valence-electron chi connectivity index (χ2n) is 6.01. The summed E-state index contributed by atoms with van der Waals surface area (Å²) in [4.78, 5) is 11.3. The highest BCUT2D eigenvalue weighted by Gasteiger charge is 2.41. The van der Waals surface area contributed by atoms with Crippen molar-refractivity contribution >= 4 is 5.91 Å². The smallest absolute Gasteiger partial charge is 0.365 e. The highest BCUT2D eigenvalue weighted by molar-refractivity contribution is 5.82. The highest BCUT2D eigenvalue weighted by Crippen LogP contribution is 2.32. The molecule has 1 aromatic carbocycles. The SMILES string of the molecule is C=CC[C@@](C)(CC)O[C@@H](c1ccccc1)[C@H](C)NC(=O)C(F)(F)F. The number of carbonyl (C=O) groups is 1. The molecule has 1 rings (SSSR count). The Bertz CT molecular complexity index is 545. The van der Waals surface area contributed by atoms with E-state index in [0.717, 1.165) is 0 Å². The maximum Gasteiger partial charge on any atom is 0.471 e. The Kier molecular flexibility index (Phi) is 7.02. The van der Waals surface area contributed by atoms with Crippen molar-refractivity contribution in [1.82, 2.24) is 5.32 Å². The van der Waals surface area contributed by atoms with Gasteiger partial charge in [0.25, 0.3) is 0 Å². The molecule has 134 valence electrons. The summed E-state index contributed by atoms with van der Waals surface area (Å²) in [5, 5.41) is 1.99. The molecule has 0 fully saturated rings. The van der Waals surface area contributed by atoms with E-state index in [1.165, 1.54) is 6.92 Å². The number of hydrogen-bond acceptors (Lipinski definition) is 2. The van der Waals surface area contributed by atoms with Gasteiger partial charge in [-0.25, -0.2) is 0 Å². The number of amides is 1. The Balaban J connectivity index is 3.06. The van der Waals surface area contributed by atoms with Crippen LogP contribution in [0.1, 0.15) is 45.3 Å². The van der Waals surface area contributed by atoms with Gasteiger partial charge in [0.2, 0.25) is 0 Å². The lowest BCUT2D eigenvalue weighted by molar-refractivity contribution is -0.176. The normalized spacial score (nSPS) is 16.8. The van der Waals surface area contributed by atoms with Gasteiger partial charge in [0.1, 0.15) is 6.10 Å². The van der Waals surface area contributed by atoms with Crippen molar-refractivity contribution in [2.75, 3.05) is 0 Å². The zero-order valence-electron chi connectivity index (χ0n) is 14.2. The fraction of sp³-hybridized carbons (Fsp3) is 0.500. The summed E-state index contributed by atoms with van der Waals surface area (Å²) in [5.74, 6) is -1.97. The maximum atomic E-state index is 12.5. The van der Waals surface area contributed by atoms with Crippen LogP contribution in [0.25, 0.3) is 0 Å². The number of halogens is 3. The number of rotatable bonds is 8. The first-order valence-corrected chi connectivity index (χ1v) is 7.84. The molecule has 0 saturated carbocycles. The zero-order chi connectivity index (χ0) is 18.4. The maximum absolute atomic E-state index is 12.5. The van der Waals surface area contributed by atoms with Gasteiger partial charge in [0.05, 0.1) is 11.6 Å². The highest BCUT2D eigenvalue weighted by atomic mass is 19.4. The van der Waals surface area contributed by atoms with Gasteiger partial charge >= 0.3 is 12.1 Å². The topological polar surface area (TPSA) is 38.3 Å². The van der Waals surface area contributed by atoms with Gasteiger partial charge in [-0.3, -0.25) is 4.79 Å². The van der Waals surface area contributed by atoms with Crippen LogP contribution in [0.4, 0.5) is 13.2 Å². The standard InChI is InChI=1S/C18H24F3NO2/c1-5-12-17(4,6-2)24-15(14-10-8-7-9-11-14)13(3)22-16(23)18(19,20)21/h5,7-11,13,15H,1,6,12H2,2-4H3,(H,22,23)/t13-,15+,17+/m0/s1. The van der Waals surface area contributed by atoms with Gasteiger partial charge in [0, 0.05) is 0 Å². The van der Waals surface area contributed by atoms with Crippen LogP contribution in [0.15, 0.2) is 43.0 Å². The van der Waals surface area contributed by atoms with E-state index in [-0.39, 0.29) is 0 Å². The van der Waals surface area contributed by atoms with E-state index in [1.807, 2.05) is 25.2 Å². The summed E-state index contributed by atoms with van der Waals surface area (Å²) >= 11 is 0. The van der Waals surface area contributed by atoms with Crippen molar-refractivity contribution in [3.05, 3.63) is 48.6 Å². The largest absolute Gasteiger partial charge is 0.471 e. The van der Waals surface area contributed by atoms with Gasteiger partial charge in [-0.1, -0.05) is 43.3 Å². The molecule has 0 bridgehead atoms. The Hall–Kier alpha value is -1.82. The first-order valence-electron chi connectivity index (χ1n) is 7.84. The molecule has 24 heavy (non-hydrogen) atoms. The Morgan fingerprint density at radius 3 is 2.38 bits per heavy atom. The van der Waals surface area contributed by atoms with Gasteiger partial charge in [-0.05, 0) is 32.3 Å². The van der Waals surface area contributed by atoms with E-state index in [2.05, 4.69) is 6.58 Å². The van der Waals surface area contributed by atoms with E-state index in [4.69, 9.17) is 4.74 Å². The number of nitrogens with one attached hydrogen (secondary N) is 1. The lowest BCUT2D eigenvalue weighted by Crippen LogP contribution is -2.46. The monoisotopic (exact) mass is 343 g/mol. The molecule has 0 saturated heterocycles. The molecule has 1 amide bonds. The molecule has 0 heterocycles. The van der Waals surface area contributed by atoms with E-state index in [1.54, 1.807) is 30.3 Å². The van der Waals surface area contributed by atoms with Crippen molar-refractivity contribution < 1.29 is 22.7 Å². The van der Waals surface area contributed by atoms with Crippen LogP contribution >= 0.6 is 0 Å². The second-order valence-corrected chi connectivity index (χ2v) is 6.01. The number of ether oxygens (including phenoxy) is 1. The molecule has 0 aliphatic rings. The Labute approximate surface area is 140 Å². The zero-order valence-corrected chi connectivity index (χ0v) is 14.2. The molecule has 6 heteroatoms. The van der Waals surface area contributed by atoms with Crippen molar-refractivity contribution in [2.24, 2.45) is 0 Å². The summed E-state index contributed by atoms with van der Waals surface area (Å²) in [6.07, 6.45) is -2.72. The van der Waals surface area contributed by atoms with Gasteiger partial charge in [-0.15, -0.1) is 6.58 Å². The second kappa shape index (κ2) is 8.33. The average Bonchev–Trinajstić information content (AvgIpc) is 2.52. The third-order valence-corrected chi connectivity index (χ3v) is 3.93. The number of carbonyl (C=O) groups excluding carboxylic acids is 1. The first kappa shape index (κ1) is 20.2. The van der Waals surface area contributed by atoms with E-state index < -0.39 is 29.8 Å². The fourth-order valence-corrected chi connectivity index (χ4v) is 2.35. The van der Waals surface area contributed by atoms with Gasteiger partial charge in [-0.2, -0.15) is 13.2 Å². The van der Waals surface area contributed by atoms with Crippen molar-refractivity contribution in [2.45, 2.75) is 57.5 Å². The Morgan fingerprint density at radius 1 is 1.33 bits per heavy atom. The van der Waals surface area contributed by atoms with Crippen LogP contribution in [-0.2, 0) is 9.53 Å².